The van der Waals surface area contributed by atoms with Crippen LogP contribution in [0.5, 0.6) is 0 Å². The lowest BCUT2D eigenvalue weighted by Crippen LogP contribution is -2.44. The maximum absolute atomic E-state index is 13.1. The topological polar surface area (TPSA) is 57.6 Å². The monoisotopic (exact) mass is 363 g/mol. The molecule has 2 aromatic rings. The number of hydrogen-bond donors (Lipinski definition) is 1. The Morgan fingerprint density at radius 3 is 2.26 bits per heavy atom. The van der Waals surface area contributed by atoms with Crippen LogP contribution in [-0.4, -0.2) is 28.4 Å². The van der Waals surface area contributed by atoms with Crippen molar-refractivity contribution in [2.75, 3.05) is 6.54 Å². The number of hydrogen-bond acceptors (Lipinski definition) is 2. The van der Waals surface area contributed by atoms with E-state index in [1.54, 1.807) is 4.90 Å². The number of amides is 1. The highest BCUT2D eigenvalue weighted by atomic mass is 16.4. The van der Waals surface area contributed by atoms with Crippen LogP contribution < -0.4 is 0 Å². The van der Waals surface area contributed by atoms with Gasteiger partial charge in [0.25, 0.3) is 0 Å². The third-order valence-corrected chi connectivity index (χ3v) is 6.15. The fourth-order valence-corrected chi connectivity index (χ4v) is 4.64. The van der Waals surface area contributed by atoms with E-state index in [9.17, 15) is 14.7 Å². The Hall–Kier alpha value is -2.62. The van der Waals surface area contributed by atoms with Crippen LogP contribution >= 0.6 is 0 Å². The van der Waals surface area contributed by atoms with E-state index >= 15 is 0 Å². The van der Waals surface area contributed by atoms with Gasteiger partial charge in [0.2, 0.25) is 5.91 Å². The second-order valence-electron chi connectivity index (χ2n) is 7.77. The molecule has 1 saturated carbocycles. The highest BCUT2D eigenvalue weighted by Gasteiger charge is 2.36. The van der Waals surface area contributed by atoms with Gasteiger partial charge in [0.05, 0.1) is 5.92 Å². The van der Waals surface area contributed by atoms with Gasteiger partial charge < -0.3 is 10.0 Å². The molecule has 0 aromatic heterocycles. The number of rotatable bonds is 3. The number of fused-ring (bicyclic) bond motifs is 1. The summed E-state index contributed by atoms with van der Waals surface area (Å²) in [5.41, 5.74) is 3.17. The Kier molecular flexibility index (Phi) is 4.97. The molecule has 2 aliphatic rings. The Labute approximate surface area is 159 Å². The number of carboxylic acid groups (broad SMARTS) is 1. The normalized spacial score (nSPS) is 24.9. The zero-order valence-corrected chi connectivity index (χ0v) is 15.4. The van der Waals surface area contributed by atoms with E-state index in [1.807, 2.05) is 30.3 Å². The highest BCUT2D eigenvalue weighted by molar-refractivity contribution is 5.83. The average Bonchev–Trinajstić information content (AvgIpc) is 2.73. The van der Waals surface area contributed by atoms with E-state index < -0.39 is 11.9 Å². The minimum atomic E-state index is -0.854. The molecule has 0 saturated heterocycles. The molecule has 4 rings (SSSR count). The van der Waals surface area contributed by atoms with Crippen molar-refractivity contribution in [3.05, 3.63) is 71.3 Å². The number of nitrogens with zero attached hydrogens (tertiary/aromatic N) is 1. The molecule has 4 nitrogen and oxygen atoms in total. The fourth-order valence-electron chi connectivity index (χ4n) is 4.64. The van der Waals surface area contributed by atoms with Gasteiger partial charge in [0, 0.05) is 19.0 Å². The first-order valence-electron chi connectivity index (χ1n) is 9.78. The average molecular weight is 363 g/mol. The van der Waals surface area contributed by atoms with Gasteiger partial charge in [-0.25, -0.2) is 0 Å². The van der Waals surface area contributed by atoms with Crippen molar-refractivity contribution in [2.24, 2.45) is 5.92 Å². The highest BCUT2D eigenvalue weighted by Crippen LogP contribution is 2.38. The molecule has 1 aliphatic heterocycles. The van der Waals surface area contributed by atoms with E-state index in [-0.39, 0.29) is 18.4 Å². The molecule has 1 heterocycles. The van der Waals surface area contributed by atoms with Gasteiger partial charge in [-0.3, -0.25) is 9.59 Å². The molecule has 2 aromatic carbocycles. The summed E-state index contributed by atoms with van der Waals surface area (Å²) in [5.74, 6) is -0.802. The van der Waals surface area contributed by atoms with E-state index in [1.165, 1.54) is 5.56 Å². The van der Waals surface area contributed by atoms with Gasteiger partial charge in [-0.05, 0) is 48.3 Å². The van der Waals surface area contributed by atoms with Gasteiger partial charge >= 0.3 is 5.97 Å². The number of carbonyl (C=O) groups is 2. The number of carboxylic acids is 1. The van der Waals surface area contributed by atoms with Crippen LogP contribution in [0.2, 0.25) is 0 Å². The van der Waals surface area contributed by atoms with Crippen molar-refractivity contribution in [3.8, 4) is 0 Å². The Morgan fingerprint density at radius 1 is 0.889 bits per heavy atom. The first kappa shape index (κ1) is 17.8. The van der Waals surface area contributed by atoms with Crippen LogP contribution in [-0.2, 0) is 16.1 Å². The molecule has 1 amide bonds. The van der Waals surface area contributed by atoms with Crippen molar-refractivity contribution in [1.29, 1.82) is 0 Å². The van der Waals surface area contributed by atoms with Crippen molar-refractivity contribution in [2.45, 2.75) is 44.1 Å². The Balaban J connectivity index is 1.44. The summed E-state index contributed by atoms with van der Waals surface area (Å²) in [6.45, 7) is 0.807. The molecule has 1 atom stereocenters. The fraction of sp³-hybridized carbons (Fsp3) is 0.391. The maximum atomic E-state index is 13.1. The summed E-state index contributed by atoms with van der Waals surface area (Å²) in [4.78, 5) is 26.6. The standard InChI is InChI=1S/C23H25NO3/c25-22(18-12-10-17(11-13-18)16-6-2-1-3-7-16)24-14-19-8-4-5-9-20(19)21(15-24)23(26)27/h1-9,17-18,21H,10-15H2,(H,26,27). The molecule has 1 N–H and O–H groups in total. The molecule has 4 heteroatoms. The smallest absolute Gasteiger partial charge is 0.312 e. The van der Waals surface area contributed by atoms with Gasteiger partial charge in [-0.2, -0.15) is 0 Å². The van der Waals surface area contributed by atoms with Crippen LogP contribution in [0.4, 0.5) is 0 Å². The van der Waals surface area contributed by atoms with Crippen molar-refractivity contribution < 1.29 is 14.7 Å². The van der Waals surface area contributed by atoms with Gasteiger partial charge in [-0.1, -0.05) is 54.6 Å². The third-order valence-electron chi connectivity index (χ3n) is 6.15. The summed E-state index contributed by atoms with van der Waals surface area (Å²) < 4.78 is 0. The van der Waals surface area contributed by atoms with Crippen LogP contribution in [0.25, 0.3) is 0 Å². The van der Waals surface area contributed by atoms with E-state index in [0.717, 1.165) is 36.8 Å². The number of carbonyl (C=O) groups excluding carboxylic acids is 1. The van der Waals surface area contributed by atoms with Crippen LogP contribution in [0.15, 0.2) is 54.6 Å². The maximum Gasteiger partial charge on any atom is 0.312 e. The van der Waals surface area contributed by atoms with Crippen molar-refractivity contribution in [3.63, 3.8) is 0 Å². The first-order chi connectivity index (χ1) is 13.1. The molecule has 140 valence electrons. The molecule has 0 spiro atoms. The van der Waals surface area contributed by atoms with Crippen molar-refractivity contribution in [1.82, 2.24) is 4.90 Å². The summed E-state index contributed by atoms with van der Waals surface area (Å²) in [6, 6.07) is 18.1. The van der Waals surface area contributed by atoms with Crippen molar-refractivity contribution >= 4 is 11.9 Å². The molecule has 0 radical (unpaired) electrons. The SMILES string of the molecule is O=C(O)C1CN(C(=O)C2CCC(c3ccccc3)CC2)Cc2ccccc21. The molecule has 1 aliphatic carbocycles. The molecule has 27 heavy (non-hydrogen) atoms. The minimum absolute atomic E-state index is 0.0182. The molecule has 1 unspecified atom stereocenters. The minimum Gasteiger partial charge on any atom is -0.481 e. The van der Waals surface area contributed by atoms with Gasteiger partial charge in [0.1, 0.15) is 0 Å². The van der Waals surface area contributed by atoms with Crippen LogP contribution in [0, 0.1) is 5.92 Å². The summed E-state index contributed by atoms with van der Waals surface area (Å²) in [5, 5.41) is 9.62. The quantitative estimate of drug-likeness (QED) is 0.890. The third kappa shape index (κ3) is 3.61. The van der Waals surface area contributed by atoms with E-state index in [4.69, 9.17) is 0 Å². The summed E-state index contributed by atoms with van der Waals surface area (Å²) in [7, 11) is 0. The zero-order valence-electron chi connectivity index (χ0n) is 15.4. The lowest BCUT2D eigenvalue weighted by molar-refractivity contribution is -0.143. The lowest BCUT2D eigenvalue weighted by Gasteiger charge is -2.37. The predicted octanol–water partition coefficient (Wildman–Crippen LogP) is 4.17. The largest absolute Gasteiger partial charge is 0.481 e. The molecular weight excluding hydrogens is 338 g/mol. The first-order valence-corrected chi connectivity index (χ1v) is 9.78. The summed E-state index contributed by atoms with van der Waals surface area (Å²) in [6.07, 6.45) is 3.81. The molecular formula is C23H25NO3. The second-order valence-corrected chi connectivity index (χ2v) is 7.77. The number of aliphatic carboxylic acids is 1. The van der Waals surface area contributed by atoms with Gasteiger partial charge in [0.15, 0.2) is 0 Å². The Bertz CT molecular complexity index is 825. The van der Waals surface area contributed by atoms with Gasteiger partial charge in [-0.15, -0.1) is 0 Å². The van der Waals surface area contributed by atoms with E-state index in [0.29, 0.717) is 12.5 Å². The van der Waals surface area contributed by atoms with Crippen LogP contribution in [0.1, 0.15) is 54.2 Å². The Morgan fingerprint density at radius 2 is 1.56 bits per heavy atom. The predicted molar refractivity (Wildman–Crippen MR) is 103 cm³/mol. The number of benzene rings is 2. The van der Waals surface area contributed by atoms with E-state index in [2.05, 4.69) is 24.3 Å². The second kappa shape index (κ2) is 7.55. The molecule has 1 fully saturated rings. The lowest BCUT2D eigenvalue weighted by atomic mass is 9.78. The molecule has 0 bridgehead atoms. The summed E-state index contributed by atoms with van der Waals surface area (Å²) >= 11 is 0. The van der Waals surface area contributed by atoms with Crippen LogP contribution in [0.3, 0.4) is 0 Å². The zero-order chi connectivity index (χ0) is 18.8.